The molecule has 2 aliphatic rings. The van der Waals surface area contributed by atoms with Crippen LogP contribution < -0.4 is 0 Å². The van der Waals surface area contributed by atoms with Gasteiger partial charge in [-0.3, -0.25) is 4.79 Å². The molecule has 190 valence electrons. The van der Waals surface area contributed by atoms with Crippen molar-refractivity contribution in [3.63, 3.8) is 0 Å². The van der Waals surface area contributed by atoms with Crippen LogP contribution in [0.3, 0.4) is 0 Å². The number of allylic oxidation sites excluding steroid dienone is 8. The van der Waals surface area contributed by atoms with Crippen LogP contribution in [0.5, 0.6) is 0 Å². The topological polar surface area (TPSA) is 17.1 Å². The minimum atomic E-state index is -1.03. The van der Waals surface area contributed by atoms with Crippen LogP contribution in [0.2, 0.25) is 0 Å². The summed E-state index contributed by atoms with van der Waals surface area (Å²) in [5.74, 6) is -1.85. The zero-order chi connectivity index (χ0) is 27.1. The van der Waals surface area contributed by atoms with E-state index in [0.717, 1.165) is 11.1 Å². The summed E-state index contributed by atoms with van der Waals surface area (Å²) in [5.41, 5.74) is 4.53. The van der Waals surface area contributed by atoms with Gasteiger partial charge in [0.15, 0.2) is 5.78 Å². The van der Waals surface area contributed by atoms with Gasteiger partial charge in [-0.1, -0.05) is 60.7 Å². The van der Waals surface area contributed by atoms with E-state index < -0.39 is 28.7 Å². The maximum atomic E-state index is 14.1. The zero-order valence-electron chi connectivity index (χ0n) is 20.5. The molecule has 0 radical (unpaired) electrons. The molecule has 0 saturated carbocycles. The second kappa shape index (κ2) is 9.52. The molecule has 39 heavy (non-hydrogen) atoms. The summed E-state index contributed by atoms with van der Waals surface area (Å²) in [6, 6.07) is 24.1. The molecule has 0 fully saturated rings. The third-order valence-corrected chi connectivity index (χ3v) is 7.13. The quantitative estimate of drug-likeness (QED) is 0.247. The van der Waals surface area contributed by atoms with Crippen LogP contribution in [-0.4, -0.2) is 5.78 Å². The first-order valence-electron chi connectivity index (χ1n) is 12.3. The molecule has 2 aliphatic carbocycles. The van der Waals surface area contributed by atoms with Crippen LogP contribution in [0.25, 0.3) is 22.3 Å². The Hall–Kier alpha value is -4.77. The van der Waals surface area contributed by atoms with Gasteiger partial charge in [0.25, 0.3) is 0 Å². The molecule has 0 bridgehead atoms. The van der Waals surface area contributed by atoms with Crippen molar-refractivity contribution in [2.75, 3.05) is 0 Å². The first-order valence-corrected chi connectivity index (χ1v) is 12.3. The Labute approximate surface area is 222 Å². The summed E-state index contributed by atoms with van der Waals surface area (Å²) in [5, 5.41) is 0. The van der Waals surface area contributed by atoms with Crippen molar-refractivity contribution >= 4 is 28.1 Å². The molecule has 6 rings (SSSR count). The number of carbonyl (C=O) groups is 1. The molecule has 4 aromatic rings. The van der Waals surface area contributed by atoms with E-state index in [1.54, 1.807) is 60.7 Å². The van der Waals surface area contributed by atoms with E-state index in [4.69, 9.17) is 0 Å². The van der Waals surface area contributed by atoms with Gasteiger partial charge >= 0.3 is 0 Å². The van der Waals surface area contributed by atoms with Crippen molar-refractivity contribution in [1.29, 1.82) is 0 Å². The molecule has 0 N–H and O–H groups in total. The molecule has 1 spiro atoms. The molecule has 5 heteroatoms. The Kier molecular flexibility index (Phi) is 5.99. The van der Waals surface area contributed by atoms with Crippen LogP contribution in [0.1, 0.15) is 22.3 Å². The van der Waals surface area contributed by atoms with Crippen LogP contribution >= 0.6 is 0 Å². The molecule has 0 unspecified atom stereocenters. The predicted molar refractivity (Wildman–Crippen MR) is 145 cm³/mol. The fraction of sp³-hybridized carbons (Fsp3) is 0.0294. The summed E-state index contributed by atoms with van der Waals surface area (Å²) in [6.07, 6.45) is 6.52. The molecule has 1 nitrogen and oxygen atoms in total. The minimum absolute atomic E-state index is 0.198. The number of hydrogen-bond acceptors (Lipinski definition) is 1. The van der Waals surface area contributed by atoms with Gasteiger partial charge in [-0.15, -0.1) is 0 Å². The van der Waals surface area contributed by atoms with Crippen molar-refractivity contribution in [3.05, 3.63) is 167 Å². The van der Waals surface area contributed by atoms with Gasteiger partial charge in [0.05, 0.1) is 5.41 Å². The monoisotopic (exact) mass is 520 g/mol. The van der Waals surface area contributed by atoms with Gasteiger partial charge in [0, 0.05) is 0 Å². The van der Waals surface area contributed by atoms with Gasteiger partial charge in [-0.05, 0) is 105 Å². The summed E-state index contributed by atoms with van der Waals surface area (Å²) >= 11 is 0. The van der Waals surface area contributed by atoms with E-state index in [1.807, 2.05) is 0 Å². The lowest BCUT2D eigenvalue weighted by atomic mass is 9.69. The lowest BCUT2D eigenvalue weighted by Crippen LogP contribution is -2.21. The van der Waals surface area contributed by atoms with Crippen LogP contribution in [0, 0.1) is 28.7 Å². The van der Waals surface area contributed by atoms with E-state index in [1.165, 1.54) is 60.7 Å². The third-order valence-electron chi connectivity index (χ3n) is 7.13. The number of hydrogen-bond donors (Lipinski definition) is 0. The lowest BCUT2D eigenvalue weighted by molar-refractivity contribution is -0.110. The van der Waals surface area contributed by atoms with E-state index in [-0.39, 0.29) is 5.78 Å². The average Bonchev–Trinajstić information content (AvgIpc) is 3.22. The van der Waals surface area contributed by atoms with Crippen LogP contribution in [0.15, 0.2) is 121 Å². The van der Waals surface area contributed by atoms with Crippen molar-refractivity contribution in [1.82, 2.24) is 0 Å². The normalized spacial score (nSPS) is 16.1. The van der Waals surface area contributed by atoms with E-state index >= 15 is 0 Å². The standard InChI is InChI=1S/C34H20F4O/c35-25-9-1-21(2-10-25)30-31(22-3-11-26(36)12-4-22)33(24-7-15-28(38)16-8-24)34(19-17-29(39)18-20-34)32(30)23-5-13-27(37)14-6-23/h1-20H. The summed E-state index contributed by atoms with van der Waals surface area (Å²) in [6.45, 7) is 0. The Morgan fingerprint density at radius 2 is 0.692 bits per heavy atom. The molecular formula is C34H20F4O. The Bertz CT molecular complexity index is 1580. The first kappa shape index (κ1) is 24.6. The van der Waals surface area contributed by atoms with Crippen LogP contribution in [-0.2, 0) is 4.79 Å². The van der Waals surface area contributed by atoms with E-state index in [9.17, 15) is 22.4 Å². The largest absolute Gasteiger partial charge is 0.290 e. The molecule has 0 amide bonds. The maximum absolute atomic E-state index is 14.1. The Morgan fingerprint density at radius 1 is 0.410 bits per heavy atom. The fourth-order valence-electron chi connectivity index (χ4n) is 5.47. The highest BCUT2D eigenvalue weighted by Gasteiger charge is 2.46. The molecule has 0 aliphatic heterocycles. The maximum Gasteiger partial charge on any atom is 0.178 e. The SMILES string of the molecule is O=C1C=CC2(C=C1)C(c1ccc(F)cc1)=C(c1ccc(F)cc1)C(c1ccc(F)cc1)=C2c1ccc(F)cc1. The number of ketones is 1. The number of halogens is 4. The smallest absolute Gasteiger partial charge is 0.178 e. The Morgan fingerprint density at radius 3 is 1.00 bits per heavy atom. The zero-order valence-corrected chi connectivity index (χ0v) is 20.5. The van der Waals surface area contributed by atoms with Crippen molar-refractivity contribution < 1.29 is 22.4 Å². The second-order valence-electron chi connectivity index (χ2n) is 9.47. The van der Waals surface area contributed by atoms with Gasteiger partial charge < -0.3 is 0 Å². The van der Waals surface area contributed by atoms with Gasteiger partial charge in [0.2, 0.25) is 0 Å². The fourth-order valence-corrected chi connectivity index (χ4v) is 5.47. The van der Waals surface area contributed by atoms with Crippen LogP contribution in [0.4, 0.5) is 17.6 Å². The summed E-state index contributed by atoms with van der Waals surface area (Å²) in [7, 11) is 0. The molecule has 0 atom stereocenters. The Balaban J connectivity index is 1.80. The second-order valence-corrected chi connectivity index (χ2v) is 9.47. The first-order chi connectivity index (χ1) is 18.9. The minimum Gasteiger partial charge on any atom is -0.290 e. The van der Waals surface area contributed by atoms with Crippen molar-refractivity contribution in [3.8, 4) is 0 Å². The van der Waals surface area contributed by atoms with Gasteiger partial charge in [0.1, 0.15) is 23.3 Å². The number of benzene rings is 4. The highest BCUT2D eigenvalue weighted by atomic mass is 19.1. The van der Waals surface area contributed by atoms with E-state index in [2.05, 4.69) is 0 Å². The highest BCUT2D eigenvalue weighted by Crippen LogP contribution is 2.63. The van der Waals surface area contributed by atoms with Crippen molar-refractivity contribution in [2.45, 2.75) is 0 Å². The van der Waals surface area contributed by atoms with E-state index in [0.29, 0.717) is 33.4 Å². The highest BCUT2D eigenvalue weighted by molar-refractivity contribution is 6.31. The summed E-state index contributed by atoms with van der Waals surface area (Å²) in [4.78, 5) is 12.4. The molecule has 0 heterocycles. The average molecular weight is 521 g/mol. The van der Waals surface area contributed by atoms with Gasteiger partial charge in [-0.2, -0.15) is 0 Å². The lowest BCUT2D eigenvalue weighted by Gasteiger charge is -2.32. The molecular weight excluding hydrogens is 500 g/mol. The van der Waals surface area contributed by atoms with Crippen molar-refractivity contribution in [2.24, 2.45) is 5.41 Å². The van der Waals surface area contributed by atoms with Gasteiger partial charge in [-0.25, -0.2) is 17.6 Å². The molecule has 0 aromatic heterocycles. The molecule has 0 saturated heterocycles. The number of carbonyl (C=O) groups excluding carboxylic acids is 1. The predicted octanol–water partition coefficient (Wildman–Crippen LogP) is 8.46. The number of rotatable bonds is 4. The summed E-state index contributed by atoms with van der Waals surface area (Å²) < 4.78 is 56.3. The third kappa shape index (κ3) is 4.26. The molecule has 4 aromatic carbocycles.